The highest BCUT2D eigenvalue weighted by Gasteiger charge is 2.38. The molecule has 0 aliphatic heterocycles. The molecule has 0 fully saturated rings. The zero-order chi connectivity index (χ0) is 22.8. The van der Waals surface area contributed by atoms with E-state index < -0.39 is 17.6 Å². The van der Waals surface area contributed by atoms with E-state index in [1.165, 1.54) is 5.57 Å². The van der Waals surface area contributed by atoms with Crippen molar-refractivity contribution < 1.29 is 27.9 Å². The Labute approximate surface area is 174 Å². The summed E-state index contributed by atoms with van der Waals surface area (Å²) in [7, 11) is 0. The number of halogens is 3. The van der Waals surface area contributed by atoms with Crippen molar-refractivity contribution in [2.45, 2.75) is 39.3 Å². The van der Waals surface area contributed by atoms with Crippen LogP contribution in [0.25, 0.3) is 5.57 Å². The van der Waals surface area contributed by atoms with Gasteiger partial charge in [-0.25, -0.2) is 4.79 Å². The maximum atomic E-state index is 12.1. The highest BCUT2D eigenvalue weighted by atomic mass is 19.4. The minimum absolute atomic E-state index is 0.235. The fourth-order valence-corrected chi connectivity index (χ4v) is 2.95. The van der Waals surface area contributed by atoms with E-state index in [1.807, 2.05) is 30.4 Å². The second kappa shape index (κ2) is 11.5. The lowest BCUT2D eigenvalue weighted by atomic mass is 9.73. The number of carboxylic acids is 1. The molecular weight excluding hydrogens is 397 g/mol. The van der Waals surface area contributed by atoms with Crippen molar-refractivity contribution in [2.24, 2.45) is 17.1 Å². The van der Waals surface area contributed by atoms with Crippen LogP contribution < -0.4 is 11.1 Å². The van der Waals surface area contributed by atoms with Gasteiger partial charge in [0.15, 0.2) is 0 Å². The number of benzene rings is 1. The average molecular weight is 426 g/mol. The number of aliphatic carboxylic acids is 1. The van der Waals surface area contributed by atoms with Gasteiger partial charge in [-0.05, 0) is 49.4 Å². The van der Waals surface area contributed by atoms with Gasteiger partial charge in [0.25, 0.3) is 0 Å². The summed E-state index contributed by atoms with van der Waals surface area (Å²) >= 11 is 0. The minimum atomic E-state index is -5.08. The molecule has 166 valence electrons. The van der Waals surface area contributed by atoms with Crippen molar-refractivity contribution >= 4 is 17.4 Å². The molecule has 2 rings (SSSR count). The molecule has 0 aromatic heterocycles. The van der Waals surface area contributed by atoms with Crippen LogP contribution in [-0.2, 0) is 9.59 Å². The monoisotopic (exact) mass is 426 g/mol. The molecule has 0 bridgehead atoms. The van der Waals surface area contributed by atoms with Crippen LogP contribution in [0.15, 0.2) is 48.6 Å². The molecule has 1 aliphatic carbocycles. The Morgan fingerprint density at radius 1 is 1.20 bits per heavy atom. The lowest BCUT2D eigenvalue weighted by molar-refractivity contribution is -0.192. The number of nitrogens with one attached hydrogen (secondary N) is 1. The van der Waals surface area contributed by atoms with Crippen LogP contribution in [0.4, 0.5) is 13.2 Å². The number of allylic oxidation sites excluding steroid dienone is 3. The van der Waals surface area contributed by atoms with Gasteiger partial charge in [-0.15, -0.1) is 0 Å². The van der Waals surface area contributed by atoms with Crippen molar-refractivity contribution in [3.8, 4) is 0 Å². The van der Waals surface area contributed by atoms with Crippen LogP contribution >= 0.6 is 0 Å². The molecule has 8 heteroatoms. The van der Waals surface area contributed by atoms with Gasteiger partial charge >= 0.3 is 12.1 Å². The maximum absolute atomic E-state index is 12.1. The summed E-state index contributed by atoms with van der Waals surface area (Å²) < 4.78 is 31.7. The Kier molecular flexibility index (Phi) is 9.78. The lowest BCUT2D eigenvalue weighted by Gasteiger charge is -2.31. The number of carbonyl (C=O) groups is 2. The van der Waals surface area contributed by atoms with Crippen LogP contribution in [0.3, 0.4) is 0 Å². The van der Waals surface area contributed by atoms with Gasteiger partial charge in [-0.2, -0.15) is 13.2 Å². The van der Waals surface area contributed by atoms with Gasteiger partial charge in [-0.1, -0.05) is 62.4 Å². The normalized spacial score (nSPS) is 18.4. The van der Waals surface area contributed by atoms with Crippen molar-refractivity contribution in [1.29, 1.82) is 0 Å². The van der Waals surface area contributed by atoms with Crippen LogP contribution in [0.1, 0.15) is 38.7 Å². The first kappa shape index (κ1) is 25.4. The number of rotatable bonds is 8. The first-order chi connectivity index (χ1) is 14.0. The van der Waals surface area contributed by atoms with Crippen LogP contribution in [0.2, 0.25) is 0 Å². The zero-order valence-corrected chi connectivity index (χ0v) is 17.2. The van der Waals surface area contributed by atoms with Crippen LogP contribution in [-0.4, -0.2) is 36.2 Å². The topological polar surface area (TPSA) is 92.4 Å². The maximum Gasteiger partial charge on any atom is 0.490 e. The van der Waals surface area contributed by atoms with E-state index in [9.17, 15) is 18.0 Å². The molecular formula is C22H29F3N2O3. The number of carbonyl (C=O) groups excluding carboxylic acids is 1. The van der Waals surface area contributed by atoms with Gasteiger partial charge in [0, 0.05) is 0 Å². The lowest BCUT2D eigenvalue weighted by Crippen LogP contribution is -2.39. The van der Waals surface area contributed by atoms with Crippen LogP contribution in [0.5, 0.6) is 0 Å². The first-order valence-electron chi connectivity index (χ1n) is 9.72. The summed E-state index contributed by atoms with van der Waals surface area (Å²) in [5.41, 5.74) is 7.52. The summed E-state index contributed by atoms with van der Waals surface area (Å²) in [6, 6.07) is 10.2. The standard InChI is InChI=1S/C20H28N2O.C2HF3O2/c1-16(2)10-13-22-14-12-20(19(21)23)11-6-9-18(15-20)17-7-4-3-5-8-17;3-2(4,5)1(6)7/h3-9,11,16,22H,10,12-15H2,1-2H3,(H2,21,23);(H,6,7). The third-order valence-corrected chi connectivity index (χ3v) is 4.74. The number of primary amides is 1. The summed E-state index contributed by atoms with van der Waals surface area (Å²) in [4.78, 5) is 21.0. The third-order valence-electron chi connectivity index (χ3n) is 4.74. The molecule has 1 unspecified atom stereocenters. The molecule has 1 atom stereocenters. The molecule has 0 saturated heterocycles. The SMILES string of the molecule is CC(C)CCNCCC1(C(N)=O)C=CC=C(c2ccccc2)C1.O=C(O)C(F)(F)F. The number of carboxylic acid groups (broad SMARTS) is 1. The Bertz CT molecular complexity index is 759. The van der Waals surface area contributed by atoms with Crippen molar-refractivity contribution in [3.63, 3.8) is 0 Å². The quantitative estimate of drug-likeness (QED) is 0.544. The number of amides is 1. The van der Waals surface area contributed by atoms with Gasteiger partial charge in [0.05, 0.1) is 5.41 Å². The Hall–Kier alpha value is -2.61. The van der Waals surface area contributed by atoms with E-state index >= 15 is 0 Å². The predicted octanol–water partition coefficient (Wildman–Crippen LogP) is 4.16. The van der Waals surface area contributed by atoms with E-state index in [2.05, 4.69) is 37.4 Å². The van der Waals surface area contributed by atoms with E-state index in [0.29, 0.717) is 12.3 Å². The Morgan fingerprint density at radius 3 is 2.30 bits per heavy atom. The molecule has 5 nitrogen and oxygen atoms in total. The highest BCUT2D eigenvalue weighted by Crippen LogP contribution is 2.38. The Morgan fingerprint density at radius 2 is 1.80 bits per heavy atom. The molecule has 1 aliphatic rings. The number of hydrogen-bond acceptors (Lipinski definition) is 3. The predicted molar refractivity (Wildman–Crippen MR) is 110 cm³/mol. The second-order valence-electron chi connectivity index (χ2n) is 7.60. The van der Waals surface area contributed by atoms with E-state index in [0.717, 1.165) is 31.5 Å². The number of nitrogens with two attached hydrogens (primary N) is 1. The van der Waals surface area contributed by atoms with Gasteiger partial charge in [0.1, 0.15) is 0 Å². The molecule has 30 heavy (non-hydrogen) atoms. The largest absolute Gasteiger partial charge is 0.490 e. The van der Waals surface area contributed by atoms with Crippen LogP contribution in [0, 0.1) is 11.3 Å². The van der Waals surface area contributed by atoms with E-state index in [1.54, 1.807) is 0 Å². The summed E-state index contributed by atoms with van der Waals surface area (Å²) in [5, 5.41) is 10.6. The molecule has 0 radical (unpaired) electrons. The third kappa shape index (κ3) is 8.41. The molecule has 0 saturated carbocycles. The highest BCUT2D eigenvalue weighted by molar-refractivity contribution is 5.87. The van der Waals surface area contributed by atoms with Crippen molar-refractivity contribution in [1.82, 2.24) is 5.32 Å². The summed E-state index contributed by atoms with van der Waals surface area (Å²) in [6.07, 6.45) is 3.52. The fourth-order valence-electron chi connectivity index (χ4n) is 2.95. The van der Waals surface area contributed by atoms with E-state index in [-0.39, 0.29) is 5.91 Å². The summed E-state index contributed by atoms with van der Waals surface area (Å²) in [6.45, 7) is 6.22. The molecule has 1 aromatic carbocycles. The average Bonchev–Trinajstić information content (AvgIpc) is 2.68. The molecule has 0 heterocycles. The number of hydrogen-bond donors (Lipinski definition) is 3. The molecule has 4 N–H and O–H groups in total. The van der Waals surface area contributed by atoms with Gasteiger partial charge in [-0.3, -0.25) is 4.79 Å². The van der Waals surface area contributed by atoms with Crippen molar-refractivity contribution in [2.75, 3.05) is 13.1 Å². The van der Waals surface area contributed by atoms with Gasteiger partial charge < -0.3 is 16.2 Å². The molecule has 0 spiro atoms. The fraction of sp³-hybridized carbons (Fsp3) is 0.455. The second-order valence-corrected chi connectivity index (χ2v) is 7.60. The summed E-state index contributed by atoms with van der Waals surface area (Å²) in [5.74, 6) is -2.30. The first-order valence-corrected chi connectivity index (χ1v) is 9.72. The zero-order valence-electron chi connectivity index (χ0n) is 17.2. The van der Waals surface area contributed by atoms with Gasteiger partial charge in [0.2, 0.25) is 5.91 Å². The minimum Gasteiger partial charge on any atom is -0.475 e. The molecule has 1 amide bonds. The van der Waals surface area contributed by atoms with E-state index in [4.69, 9.17) is 15.6 Å². The smallest absolute Gasteiger partial charge is 0.475 e. The Balaban J connectivity index is 0.000000553. The number of alkyl halides is 3. The molecule has 1 aromatic rings. The van der Waals surface area contributed by atoms with Crippen molar-refractivity contribution in [3.05, 3.63) is 54.1 Å².